The Morgan fingerprint density at radius 3 is 1.19 bits per heavy atom. The Morgan fingerprint density at radius 2 is 0.864 bits per heavy atom. The molecule has 2 aliphatic carbocycles. The molecule has 81 heavy (non-hydrogen) atoms. The van der Waals surface area contributed by atoms with E-state index in [1.807, 2.05) is 0 Å². The Labute approximate surface area is 508 Å². The molecule has 4 unspecified atom stereocenters. The van der Waals surface area contributed by atoms with Crippen LogP contribution in [0.2, 0.25) is 0 Å². The monoisotopic (exact) mass is 1150 g/mol. The zero-order valence-electron chi connectivity index (χ0n) is 59.5. The molecule has 8 nitrogen and oxygen atoms in total. The second-order valence-corrected chi connectivity index (χ2v) is 33.7. The summed E-state index contributed by atoms with van der Waals surface area (Å²) in [5.41, 5.74) is 2.89. The van der Waals surface area contributed by atoms with E-state index in [1.54, 1.807) is 6.92 Å². The number of piperazine rings is 1. The van der Waals surface area contributed by atoms with Crippen LogP contribution in [-0.4, -0.2) is 164 Å². The maximum absolute atomic E-state index is 12.8. The highest BCUT2D eigenvalue weighted by Gasteiger charge is 2.34. The fourth-order valence-corrected chi connectivity index (χ4v) is 13.5. The fraction of sp³-hybridized carbons (Fsp3) is 1.00. The molecule has 0 aromatic heterocycles. The summed E-state index contributed by atoms with van der Waals surface area (Å²) >= 11 is 0. The van der Waals surface area contributed by atoms with Crippen LogP contribution in [0.25, 0.3) is 0 Å². The van der Waals surface area contributed by atoms with Gasteiger partial charge >= 0.3 is 0 Å². The van der Waals surface area contributed by atoms with Gasteiger partial charge in [-0.3, -0.25) is 9.80 Å². The Kier molecular flexibility index (Phi) is 37.0. The predicted molar refractivity (Wildman–Crippen MR) is 355 cm³/mol. The lowest BCUT2D eigenvalue weighted by Crippen LogP contribution is -2.53. The van der Waals surface area contributed by atoms with Crippen LogP contribution in [0.4, 0.5) is 4.39 Å². The largest absolute Gasteiger partial charge is 0.396 e. The van der Waals surface area contributed by atoms with Crippen molar-refractivity contribution in [2.45, 2.75) is 299 Å². The van der Waals surface area contributed by atoms with E-state index in [-0.39, 0.29) is 11.5 Å². The van der Waals surface area contributed by atoms with Crippen LogP contribution in [0.3, 0.4) is 0 Å². The van der Waals surface area contributed by atoms with E-state index in [0.717, 1.165) is 56.6 Å². The Balaban J connectivity index is 0.000000474. The molecule has 9 heteroatoms. The highest BCUT2D eigenvalue weighted by Crippen LogP contribution is 2.42. The van der Waals surface area contributed by atoms with E-state index in [1.165, 1.54) is 175 Å². The molecule has 2 saturated carbocycles. The first-order valence-electron chi connectivity index (χ1n) is 34.5. The lowest BCUT2D eigenvalue weighted by molar-refractivity contribution is -0.128. The van der Waals surface area contributed by atoms with Crippen LogP contribution in [0.15, 0.2) is 0 Å². The normalized spacial score (nSPS) is 25.0. The van der Waals surface area contributed by atoms with Crippen LogP contribution >= 0.6 is 0 Å². The van der Waals surface area contributed by atoms with Gasteiger partial charge in [0, 0.05) is 50.4 Å². The molecular formula is C72H148FN5O3. The smallest absolute Gasteiger partial charge is 0.110 e. The molecule has 1 N–H and O–H groups in total. The van der Waals surface area contributed by atoms with Gasteiger partial charge in [-0.05, 0) is 228 Å². The van der Waals surface area contributed by atoms with Crippen molar-refractivity contribution in [1.29, 1.82) is 0 Å². The average Bonchev–Trinajstić information content (AvgIpc) is 3.41. The quantitative estimate of drug-likeness (QED) is 0.282. The summed E-state index contributed by atoms with van der Waals surface area (Å²) in [4.78, 5) is 12.5. The summed E-state index contributed by atoms with van der Waals surface area (Å²) in [6, 6.07) is 0. The van der Waals surface area contributed by atoms with Crippen LogP contribution in [0.1, 0.15) is 275 Å². The van der Waals surface area contributed by atoms with E-state index in [0.29, 0.717) is 51.8 Å². The van der Waals surface area contributed by atoms with E-state index in [9.17, 15) is 9.50 Å². The van der Waals surface area contributed by atoms with Crippen LogP contribution < -0.4 is 0 Å². The molecule has 0 aromatic carbocycles. The van der Waals surface area contributed by atoms with E-state index in [4.69, 9.17) is 9.47 Å². The topological polar surface area (TPSA) is 54.9 Å². The third-order valence-electron chi connectivity index (χ3n) is 19.6. The van der Waals surface area contributed by atoms with E-state index >= 15 is 0 Å². The van der Waals surface area contributed by atoms with Crippen molar-refractivity contribution in [1.82, 2.24) is 24.5 Å². The highest BCUT2D eigenvalue weighted by atomic mass is 19.1. The number of rotatable bonds is 6. The van der Waals surface area contributed by atoms with Gasteiger partial charge in [-0.25, -0.2) is 4.39 Å². The molecule has 7 aliphatic rings. The minimum atomic E-state index is -0.679. The highest BCUT2D eigenvalue weighted by molar-refractivity contribution is 4.86. The van der Waals surface area contributed by atoms with Crippen molar-refractivity contribution in [2.24, 2.45) is 56.7 Å². The Hall–Kier alpha value is -0.390. The molecule has 486 valence electrons. The summed E-state index contributed by atoms with van der Waals surface area (Å²) in [6.07, 6.45) is 23.0. The third kappa shape index (κ3) is 34.7. The number of ether oxygens (including phenoxy) is 2. The number of halogens is 1. The zero-order chi connectivity index (χ0) is 61.9. The number of hydrogen-bond acceptors (Lipinski definition) is 8. The van der Waals surface area contributed by atoms with Crippen molar-refractivity contribution in [3.05, 3.63) is 0 Å². The standard InChI is InChI=1S/C12H24FN.C12H25N.C11H22O.C10H22N2.C10H20.C9H19N.C8H16O2/c1-10(13)9-14-7-5-11(6-8-14)12(2,3)4;1-5-8-13-9-6-11(7-10-13)12(2,3)4;1-11(2,3)10-7-5-4-6-9(10)8-12;1-5-11-6-8-12(9-7-11)10(2,3)4;1-10(2,3)9-7-5-4-6-8-9;1-9(2,3)10-7-5-4-6-8-10;1-8(2,3)7-6-9-4-5-10-7/h10-11H,5-9H2,1-4H3;11H,5-10H2,1-4H3;9-10,12H,4-8H2,1-3H3;5-9H2,1-4H3;9H,4-8H2,1-3H3;4-8H2,1-3H3;7H,4-6H2,1-3H3. The zero-order valence-corrected chi connectivity index (χ0v) is 59.5. The third-order valence-corrected chi connectivity index (χ3v) is 19.6. The molecule has 0 radical (unpaired) electrons. The van der Waals surface area contributed by atoms with Gasteiger partial charge in [0.15, 0.2) is 0 Å². The first-order valence-corrected chi connectivity index (χ1v) is 34.5. The van der Waals surface area contributed by atoms with Gasteiger partial charge < -0.3 is 29.3 Å². The molecule has 5 aliphatic heterocycles. The summed E-state index contributed by atoms with van der Waals surface area (Å²) < 4.78 is 23.6. The number of alkyl halides is 1. The number of nitrogens with zero attached hydrogens (tertiary/aromatic N) is 5. The number of likely N-dealkylation sites (tertiary alicyclic amines) is 3. The van der Waals surface area contributed by atoms with Gasteiger partial charge in [-0.2, -0.15) is 0 Å². The van der Waals surface area contributed by atoms with Gasteiger partial charge in [0.2, 0.25) is 0 Å². The van der Waals surface area contributed by atoms with E-state index in [2.05, 4.69) is 184 Å². The Bertz CT molecular complexity index is 1430. The summed E-state index contributed by atoms with van der Waals surface area (Å²) in [7, 11) is 0. The molecule has 0 bridgehead atoms. The second-order valence-electron chi connectivity index (χ2n) is 33.7. The van der Waals surface area contributed by atoms with Gasteiger partial charge in [-0.1, -0.05) is 156 Å². The molecule has 7 fully saturated rings. The first kappa shape index (κ1) is 78.6. The SMILES string of the molecule is CC(C)(C)C1CCCCC1.CC(C)(C)C1CCCCC1CO.CC(C)(C)C1COCCO1.CC(C)(C)N1CCCCC1.CC(F)CN1CCC(C(C)(C)C)CC1.CCCN1CCC(C(C)(C)C)CC1.CCN1CCN(C(C)(C)C)CC1. The van der Waals surface area contributed by atoms with Gasteiger partial charge in [0.1, 0.15) is 6.17 Å². The molecule has 0 spiro atoms. The molecule has 0 aromatic rings. The minimum absolute atomic E-state index is 0.223. The number of piperidine rings is 3. The summed E-state index contributed by atoms with van der Waals surface area (Å²) in [6.45, 7) is 72.8. The molecule has 7 rings (SSSR count). The van der Waals surface area contributed by atoms with Crippen molar-refractivity contribution < 1.29 is 19.0 Å². The van der Waals surface area contributed by atoms with Crippen LogP contribution in [0.5, 0.6) is 0 Å². The van der Waals surface area contributed by atoms with Crippen LogP contribution in [-0.2, 0) is 9.47 Å². The summed E-state index contributed by atoms with van der Waals surface area (Å²) in [5.74, 6) is 4.06. The maximum Gasteiger partial charge on any atom is 0.110 e. The van der Waals surface area contributed by atoms with Crippen LogP contribution in [0, 0.1) is 56.7 Å². The molecule has 4 atom stereocenters. The van der Waals surface area contributed by atoms with E-state index < -0.39 is 6.17 Å². The minimum Gasteiger partial charge on any atom is -0.396 e. The fourth-order valence-electron chi connectivity index (χ4n) is 13.5. The first-order chi connectivity index (χ1) is 37.3. The molecule has 0 amide bonds. The average molecular weight is 1150 g/mol. The Morgan fingerprint density at radius 1 is 0.444 bits per heavy atom. The van der Waals surface area contributed by atoms with Crippen molar-refractivity contribution in [3.63, 3.8) is 0 Å². The van der Waals surface area contributed by atoms with Crippen molar-refractivity contribution in [2.75, 3.05) is 112 Å². The van der Waals surface area contributed by atoms with Crippen molar-refractivity contribution >= 4 is 0 Å². The van der Waals surface area contributed by atoms with Crippen molar-refractivity contribution in [3.8, 4) is 0 Å². The summed E-state index contributed by atoms with van der Waals surface area (Å²) in [5, 5.41) is 9.22. The lowest BCUT2D eigenvalue weighted by Gasteiger charge is -2.42. The number of aliphatic hydroxyl groups is 1. The molecule has 5 heterocycles. The molecular weight excluding hydrogens is 1000 g/mol. The lowest BCUT2D eigenvalue weighted by atomic mass is 9.67. The van der Waals surface area contributed by atoms with Gasteiger partial charge in [0.25, 0.3) is 0 Å². The second kappa shape index (κ2) is 38.1. The number of likely N-dealkylation sites (N-methyl/N-ethyl adjacent to an activating group) is 1. The predicted octanol–water partition coefficient (Wildman–Crippen LogP) is 17.8. The van der Waals surface area contributed by atoms with Gasteiger partial charge in [0.05, 0.1) is 25.9 Å². The number of hydrogen-bond donors (Lipinski definition) is 1. The van der Waals surface area contributed by atoms with Gasteiger partial charge in [-0.15, -0.1) is 0 Å². The maximum atomic E-state index is 12.8. The molecule has 5 saturated heterocycles. The number of aliphatic hydroxyl groups excluding tert-OH is 1.